The lowest BCUT2D eigenvalue weighted by atomic mass is 9.78. The molecule has 2 fully saturated rings. The molecule has 2 heteroatoms. The highest BCUT2D eigenvalue weighted by atomic mass is 15.2. The van der Waals surface area contributed by atoms with Gasteiger partial charge < -0.3 is 10.2 Å². The van der Waals surface area contributed by atoms with Gasteiger partial charge in [-0.25, -0.2) is 0 Å². The van der Waals surface area contributed by atoms with Gasteiger partial charge in [-0.1, -0.05) is 27.2 Å². The first-order valence-corrected chi connectivity index (χ1v) is 7.72. The van der Waals surface area contributed by atoms with E-state index in [-0.39, 0.29) is 0 Å². The van der Waals surface area contributed by atoms with Crippen molar-refractivity contribution in [3.05, 3.63) is 0 Å². The molecule has 2 aliphatic rings. The van der Waals surface area contributed by atoms with Crippen LogP contribution in [0.5, 0.6) is 0 Å². The van der Waals surface area contributed by atoms with Gasteiger partial charge in [-0.05, 0) is 50.6 Å². The van der Waals surface area contributed by atoms with E-state index in [0.717, 1.165) is 23.9 Å². The number of nitrogens with zero attached hydrogens (tertiary/aromatic N) is 1. The fraction of sp³-hybridized carbons (Fsp3) is 1.00. The second kappa shape index (κ2) is 6.19. The van der Waals surface area contributed by atoms with E-state index in [9.17, 15) is 0 Å². The molecule has 0 aromatic rings. The third-order valence-corrected chi connectivity index (χ3v) is 4.74. The fourth-order valence-electron chi connectivity index (χ4n) is 2.90. The molecule has 2 rings (SSSR count). The first-order valence-electron chi connectivity index (χ1n) is 7.72. The van der Waals surface area contributed by atoms with Crippen molar-refractivity contribution < 1.29 is 0 Å². The van der Waals surface area contributed by atoms with Crippen LogP contribution in [0.15, 0.2) is 0 Å². The summed E-state index contributed by atoms with van der Waals surface area (Å²) in [6.07, 6.45) is 7.03. The molecule has 100 valence electrons. The van der Waals surface area contributed by atoms with Crippen LogP contribution in [-0.2, 0) is 0 Å². The molecule has 0 aliphatic heterocycles. The lowest BCUT2D eigenvalue weighted by Gasteiger charge is -2.45. The fourth-order valence-corrected chi connectivity index (χ4v) is 2.90. The number of nitrogens with one attached hydrogen (secondary N) is 1. The van der Waals surface area contributed by atoms with Crippen molar-refractivity contribution >= 4 is 0 Å². The zero-order valence-electron chi connectivity index (χ0n) is 11.9. The van der Waals surface area contributed by atoms with Crippen molar-refractivity contribution in [2.24, 2.45) is 11.8 Å². The van der Waals surface area contributed by atoms with Gasteiger partial charge in [0.1, 0.15) is 0 Å². The van der Waals surface area contributed by atoms with Crippen LogP contribution in [-0.4, -0.2) is 36.6 Å². The highest BCUT2D eigenvalue weighted by molar-refractivity contribution is 4.92. The summed E-state index contributed by atoms with van der Waals surface area (Å²) in [4.78, 5) is 2.73. The molecule has 17 heavy (non-hydrogen) atoms. The minimum absolute atomic E-state index is 0.854. The summed E-state index contributed by atoms with van der Waals surface area (Å²) in [6, 6.07) is 1.75. The van der Waals surface area contributed by atoms with Gasteiger partial charge in [0.15, 0.2) is 0 Å². The Morgan fingerprint density at radius 1 is 1.18 bits per heavy atom. The smallest absolute Gasteiger partial charge is 0.0136 e. The number of hydrogen-bond donors (Lipinski definition) is 1. The van der Waals surface area contributed by atoms with Gasteiger partial charge in [-0.2, -0.15) is 0 Å². The summed E-state index contributed by atoms with van der Waals surface area (Å²) in [5.74, 6) is 1.78. The van der Waals surface area contributed by atoms with E-state index in [1.165, 1.54) is 51.7 Å². The average Bonchev–Trinajstić information content (AvgIpc) is 3.10. The minimum atomic E-state index is 0.854. The van der Waals surface area contributed by atoms with Crippen molar-refractivity contribution in [3.8, 4) is 0 Å². The second-order valence-corrected chi connectivity index (χ2v) is 6.19. The molecule has 0 radical (unpaired) electrons. The Balaban J connectivity index is 1.73. The Morgan fingerprint density at radius 3 is 2.41 bits per heavy atom. The summed E-state index contributed by atoms with van der Waals surface area (Å²) >= 11 is 0. The van der Waals surface area contributed by atoms with Crippen LogP contribution < -0.4 is 5.32 Å². The molecule has 2 saturated carbocycles. The van der Waals surface area contributed by atoms with Gasteiger partial charge >= 0.3 is 0 Å². The molecule has 0 bridgehead atoms. The molecule has 1 N–H and O–H groups in total. The van der Waals surface area contributed by atoms with E-state index in [1.54, 1.807) is 0 Å². The molecular weight excluding hydrogens is 208 g/mol. The van der Waals surface area contributed by atoms with Gasteiger partial charge in [0.25, 0.3) is 0 Å². The summed E-state index contributed by atoms with van der Waals surface area (Å²) in [7, 11) is 0. The van der Waals surface area contributed by atoms with E-state index in [2.05, 4.69) is 31.0 Å². The normalized spacial score (nSPS) is 30.4. The highest BCUT2D eigenvalue weighted by Gasteiger charge is 2.35. The summed E-state index contributed by atoms with van der Waals surface area (Å²) in [6.45, 7) is 10.8. The molecule has 3 atom stereocenters. The van der Waals surface area contributed by atoms with Crippen molar-refractivity contribution in [2.45, 2.75) is 65.0 Å². The molecule has 2 nitrogen and oxygen atoms in total. The zero-order chi connectivity index (χ0) is 12.3. The topological polar surface area (TPSA) is 15.3 Å². The maximum atomic E-state index is 3.71. The van der Waals surface area contributed by atoms with Gasteiger partial charge in [0.05, 0.1) is 0 Å². The summed E-state index contributed by atoms with van der Waals surface area (Å²) in [5, 5.41) is 3.71. The molecule has 0 heterocycles. The third-order valence-electron chi connectivity index (χ3n) is 4.74. The zero-order valence-corrected chi connectivity index (χ0v) is 11.9. The number of rotatable bonds is 8. The minimum Gasteiger partial charge on any atom is -0.314 e. The van der Waals surface area contributed by atoms with Crippen LogP contribution in [0.2, 0.25) is 0 Å². The lowest BCUT2D eigenvalue weighted by molar-refractivity contribution is 0.0544. The van der Waals surface area contributed by atoms with Crippen molar-refractivity contribution in [2.75, 3.05) is 19.6 Å². The SMILES string of the molecule is CCC(C)CN(CC)C1CCC1CNC1CC1. The Morgan fingerprint density at radius 2 is 1.94 bits per heavy atom. The largest absolute Gasteiger partial charge is 0.314 e. The molecule has 0 amide bonds. The Hall–Kier alpha value is -0.0800. The van der Waals surface area contributed by atoms with Crippen LogP contribution in [0.1, 0.15) is 52.9 Å². The predicted molar refractivity (Wildman–Crippen MR) is 74.2 cm³/mol. The third kappa shape index (κ3) is 3.69. The van der Waals surface area contributed by atoms with Gasteiger partial charge in [-0.15, -0.1) is 0 Å². The summed E-state index contributed by atoms with van der Waals surface area (Å²) < 4.78 is 0. The summed E-state index contributed by atoms with van der Waals surface area (Å²) in [5.41, 5.74) is 0. The van der Waals surface area contributed by atoms with E-state index in [4.69, 9.17) is 0 Å². The van der Waals surface area contributed by atoms with Crippen molar-refractivity contribution in [1.29, 1.82) is 0 Å². The van der Waals surface area contributed by atoms with Crippen LogP contribution in [0.25, 0.3) is 0 Å². The van der Waals surface area contributed by atoms with Crippen LogP contribution >= 0.6 is 0 Å². The first kappa shape index (κ1) is 13.4. The highest BCUT2D eigenvalue weighted by Crippen LogP contribution is 2.33. The van der Waals surface area contributed by atoms with Crippen molar-refractivity contribution in [1.82, 2.24) is 10.2 Å². The van der Waals surface area contributed by atoms with Crippen LogP contribution in [0.3, 0.4) is 0 Å². The Labute approximate surface area is 107 Å². The van der Waals surface area contributed by atoms with Crippen molar-refractivity contribution in [3.63, 3.8) is 0 Å². The van der Waals surface area contributed by atoms with E-state index >= 15 is 0 Å². The number of hydrogen-bond acceptors (Lipinski definition) is 2. The second-order valence-electron chi connectivity index (χ2n) is 6.19. The maximum Gasteiger partial charge on any atom is 0.0136 e. The molecule has 3 unspecified atom stereocenters. The molecule has 0 spiro atoms. The maximum absolute atomic E-state index is 3.71. The van der Waals surface area contributed by atoms with E-state index < -0.39 is 0 Å². The molecule has 0 aromatic carbocycles. The average molecular weight is 238 g/mol. The Kier molecular flexibility index (Phi) is 4.87. The van der Waals surface area contributed by atoms with E-state index in [0.29, 0.717) is 0 Å². The van der Waals surface area contributed by atoms with Crippen LogP contribution in [0.4, 0.5) is 0 Å². The lowest BCUT2D eigenvalue weighted by Crippen LogP contribution is -2.51. The molecular formula is C15H30N2. The molecule has 0 aromatic heterocycles. The van der Waals surface area contributed by atoms with Crippen LogP contribution in [0, 0.1) is 11.8 Å². The standard InChI is InChI=1S/C15H30N2/c1-4-12(3)11-17(5-2)15-9-6-13(15)10-16-14-7-8-14/h12-16H,4-11H2,1-3H3. The molecule has 2 aliphatic carbocycles. The first-order chi connectivity index (χ1) is 8.24. The van der Waals surface area contributed by atoms with Gasteiger partial charge in [-0.3, -0.25) is 0 Å². The predicted octanol–water partition coefficient (Wildman–Crippen LogP) is 2.89. The Bertz CT molecular complexity index is 225. The quantitative estimate of drug-likeness (QED) is 0.699. The monoisotopic (exact) mass is 238 g/mol. The van der Waals surface area contributed by atoms with E-state index in [1.807, 2.05) is 0 Å². The van der Waals surface area contributed by atoms with Gasteiger partial charge in [0.2, 0.25) is 0 Å². The molecule has 0 saturated heterocycles. The van der Waals surface area contributed by atoms with Gasteiger partial charge in [0, 0.05) is 18.6 Å².